The van der Waals surface area contributed by atoms with E-state index in [0.29, 0.717) is 18.1 Å². The first-order chi connectivity index (χ1) is 9.76. The number of hydrogen-bond acceptors (Lipinski definition) is 6. The predicted molar refractivity (Wildman–Crippen MR) is 70.5 cm³/mol. The van der Waals surface area contributed by atoms with Crippen LogP contribution in [0.25, 0.3) is 11.5 Å². The maximum atomic E-state index is 5.91. The molecule has 0 aromatic carbocycles. The van der Waals surface area contributed by atoms with Crippen LogP contribution in [0.1, 0.15) is 30.8 Å². The van der Waals surface area contributed by atoms with Crippen LogP contribution in [0.5, 0.6) is 0 Å². The van der Waals surface area contributed by atoms with Crippen LogP contribution in [0.2, 0.25) is 0 Å². The van der Waals surface area contributed by atoms with Crippen LogP contribution >= 0.6 is 0 Å². The van der Waals surface area contributed by atoms with Gasteiger partial charge in [0.1, 0.15) is 5.69 Å². The summed E-state index contributed by atoms with van der Waals surface area (Å²) < 4.78 is 12.2. The average Bonchev–Trinajstić information content (AvgIpc) is 3.19. The summed E-state index contributed by atoms with van der Waals surface area (Å²) in [5, 5.41) is 12.1. The highest BCUT2D eigenvalue weighted by Gasteiger charge is 2.12. The molecule has 20 heavy (non-hydrogen) atoms. The molecular formula is C13H15N5O2. The molecule has 0 radical (unpaired) electrons. The van der Waals surface area contributed by atoms with E-state index in [1.807, 2.05) is 25.3 Å². The minimum Gasteiger partial charge on any atom is -0.461 e. The van der Waals surface area contributed by atoms with Crippen molar-refractivity contribution in [1.29, 1.82) is 0 Å². The largest absolute Gasteiger partial charge is 0.461 e. The SMILES string of the molecule is CCC(N)c1cn(Cc2cc(-c3ccco3)on2)nn1. The van der Waals surface area contributed by atoms with Crippen LogP contribution in [0.3, 0.4) is 0 Å². The van der Waals surface area contributed by atoms with Crippen LogP contribution in [-0.2, 0) is 6.54 Å². The minimum atomic E-state index is -0.0836. The minimum absolute atomic E-state index is 0.0836. The number of furan rings is 1. The zero-order valence-electron chi connectivity index (χ0n) is 11.1. The van der Waals surface area contributed by atoms with E-state index in [4.69, 9.17) is 14.7 Å². The van der Waals surface area contributed by atoms with Crippen molar-refractivity contribution in [3.05, 3.63) is 42.0 Å². The van der Waals surface area contributed by atoms with Gasteiger partial charge in [0, 0.05) is 6.07 Å². The highest BCUT2D eigenvalue weighted by molar-refractivity contribution is 5.49. The van der Waals surface area contributed by atoms with Crippen LogP contribution in [-0.4, -0.2) is 20.2 Å². The number of nitrogens with two attached hydrogens (primary N) is 1. The first-order valence-corrected chi connectivity index (χ1v) is 6.41. The molecule has 7 heteroatoms. The number of aromatic nitrogens is 4. The summed E-state index contributed by atoms with van der Waals surface area (Å²) in [5.41, 5.74) is 7.43. The highest BCUT2D eigenvalue weighted by atomic mass is 16.5. The zero-order chi connectivity index (χ0) is 13.9. The van der Waals surface area contributed by atoms with Crippen molar-refractivity contribution in [3.8, 4) is 11.5 Å². The quantitative estimate of drug-likeness (QED) is 0.763. The summed E-state index contributed by atoms with van der Waals surface area (Å²) in [5.74, 6) is 1.24. The van der Waals surface area contributed by atoms with Gasteiger partial charge in [0.15, 0.2) is 5.76 Å². The van der Waals surface area contributed by atoms with E-state index in [2.05, 4.69) is 15.5 Å². The number of hydrogen-bond donors (Lipinski definition) is 1. The maximum absolute atomic E-state index is 5.91. The Morgan fingerprint density at radius 3 is 3.05 bits per heavy atom. The molecule has 3 aromatic rings. The third-order valence-electron chi connectivity index (χ3n) is 3.02. The lowest BCUT2D eigenvalue weighted by Crippen LogP contribution is -2.08. The standard InChI is InChI=1S/C13H15N5O2/c1-2-10(14)11-8-18(17-15-11)7-9-6-13(20-16-9)12-4-3-5-19-12/h3-6,8,10H,2,7,14H2,1H3. The first kappa shape index (κ1) is 12.6. The Hall–Kier alpha value is -2.41. The van der Waals surface area contributed by atoms with Crippen molar-refractivity contribution in [2.75, 3.05) is 0 Å². The summed E-state index contributed by atoms with van der Waals surface area (Å²) in [4.78, 5) is 0. The zero-order valence-corrected chi connectivity index (χ0v) is 11.1. The Balaban J connectivity index is 1.73. The van der Waals surface area contributed by atoms with Gasteiger partial charge in [0.25, 0.3) is 0 Å². The Morgan fingerprint density at radius 1 is 1.40 bits per heavy atom. The first-order valence-electron chi connectivity index (χ1n) is 6.41. The monoisotopic (exact) mass is 273 g/mol. The van der Waals surface area contributed by atoms with E-state index in [1.54, 1.807) is 17.0 Å². The normalized spacial score (nSPS) is 12.7. The summed E-state index contributed by atoms with van der Waals surface area (Å²) in [6, 6.07) is 5.35. The highest BCUT2D eigenvalue weighted by Crippen LogP contribution is 2.20. The number of nitrogens with zero attached hydrogens (tertiary/aromatic N) is 4. The second kappa shape index (κ2) is 5.30. The molecule has 0 spiro atoms. The van der Waals surface area contributed by atoms with Gasteiger partial charge in [-0.15, -0.1) is 5.10 Å². The average molecular weight is 273 g/mol. The lowest BCUT2D eigenvalue weighted by atomic mass is 10.2. The fraction of sp³-hybridized carbons (Fsp3) is 0.308. The van der Waals surface area contributed by atoms with Gasteiger partial charge >= 0.3 is 0 Å². The van der Waals surface area contributed by atoms with E-state index < -0.39 is 0 Å². The molecule has 0 aliphatic heterocycles. The summed E-state index contributed by atoms with van der Waals surface area (Å²) >= 11 is 0. The third kappa shape index (κ3) is 2.48. The van der Waals surface area contributed by atoms with Gasteiger partial charge in [-0.1, -0.05) is 17.3 Å². The topological polar surface area (TPSA) is 95.9 Å². The van der Waals surface area contributed by atoms with E-state index in [1.165, 1.54) is 0 Å². The Labute approximate surface area is 115 Å². The molecule has 1 atom stereocenters. The fourth-order valence-electron chi connectivity index (χ4n) is 1.86. The fourth-order valence-corrected chi connectivity index (χ4v) is 1.86. The smallest absolute Gasteiger partial charge is 0.202 e. The molecule has 0 saturated carbocycles. The Bertz CT molecular complexity index is 671. The molecule has 0 fully saturated rings. The predicted octanol–water partition coefficient (Wildman–Crippen LogP) is 1.98. The Morgan fingerprint density at radius 2 is 2.30 bits per heavy atom. The molecule has 3 rings (SSSR count). The van der Waals surface area contributed by atoms with E-state index >= 15 is 0 Å². The lowest BCUT2D eigenvalue weighted by molar-refractivity contribution is 0.407. The molecular weight excluding hydrogens is 258 g/mol. The van der Waals surface area contributed by atoms with Gasteiger partial charge in [0.05, 0.1) is 30.7 Å². The van der Waals surface area contributed by atoms with Gasteiger partial charge in [-0.2, -0.15) is 0 Å². The molecule has 0 amide bonds. The molecule has 2 N–H and O–H groups in total. The molecule has 1 unspecified atom stereocenters. The molecule has 3 heterocycles. The van der Waals surface area contributed by atoms with Gasteiger partial charge in [0.2, 0.25) is 5.76 Å². The van der Waals surface area contributed by atoms with Crippen molar-refractivity contribution < 1.29 is 8.94 Å². The van der Waals surface area contributed by atoms with Crippen LogP contribution < -0.4 is 5.73 Å². The molecule has 0 aliphatic carbocycles. The summed E-state index contributed by atoms with van der Waals surface area (Å²) in [6.07, 6.45) is 4.24. The molecule has 7 nitrogen and oxygen atoms in total. The summed E-state index contributed by atoms with van der Waals surface area (Å²) in [6.45, 7) is 2.49. The van der Waals surface area contributed by atoms with E-state index in [-0.39, 0.29) is 6.04 Å². The molecule has 0 bridgehead atoms. The van der Waals surface area contributed by atoms with Crippen LogP contribution in [0.4, 0.5) is 0 Å². The lowest BCUT2D eigenvalue weighted by Gasteiger charge is -2.01. The second-order valence-corrected chi connectivity index (χ2v) is 4.52. The van der Waals surface area contributed by atoms with Gasteiger partial charge in [-0.05, 0) is 18.6 Å². The number of rotatable bonds is 5. The molecule has 0 aliphatic rings. The van der Waals surface area contributed by atoms with E-state index in [0.717, 1.165) is 17.8 Å². The van der Waals surface area contributed by atoms with Crippen molar-refractivity contribution in [3.63, 3.8) is 0 Å². The Kier molecular flexibility index (Phi) is 3.34. The van der Waals surface area contributed by atoms with Gasteiger partial charge in [-0.3, -0.25) is 0 Å². The van der Waals surface area contributed by atoms with Gasteiger partial charge in [-0.25, -0.2) is 4.68 Å². The van der Waals surface area contributed by atoms with Gasteiger partial charge < -0.3 is 14.7 Å². The molecule has 3 aromatic heterocycles. The van der Waals surface area contributed by atoms with Crippen molar-refractivity contribution in [2.24, 2.45) is 5.73 Å². The maximum Gasteiger partial charge on any atom is 0.202 e. The molecule has 0 saturated heterocycles. The summed E-state index contributed by atoms with van der Waals surface area (Å²) in [7, 11) is 0. The molecule has 104 valence electrons. The third-order valence-corrected chi connectivity index (χ3v) is 3.02. The van der Waals surface area contributed by atoms with Crippen molar-refractivity contribution >= 4 is 0 Å². The van der Waals surface area contributed by atoms with Crippen molar-refractivity contribution in [1.82, 2.24) is 20.2 Å². The second-order valence-electron chi connectivity index (χ2n) is 4.52. The van der Waals surface area contributed by atoms with Crippen LogP contribution in [0.15, 0.2) is 39.6 Å². The van der Waals surface area contributed by atoms with E-state index in [9.17, 15) is 0 Å². The van der Waals surface area contributed by atoms with Crippen LogP contribution in [0, 0.1) is 0 Å². The van der Waals surface area contributed by atoms with Crippen molar-refractivity contribution in [2.45, 2.75) is 25.9 Å².